The van der Waals surface area contributed by atoms with Crippen LogP contribution in [0.1, 0.15) is 38.2 Å². The van der Waals surface area contributed by atoms with Crippen molar-refractivity contribution < 1.29 is 4.79 Å². The van der Waals surface area contributed by atoms with Gasteiger partial charge < -0.3 is 10.7 Å². The number of nitrogens with one attached hydrogen (secondary N) is 1. The maximum atomic E-state index is 11.2. The van der Waals surface area contributed by atoms with Crippen molar-refractivity contribution in [2.24, 2.45) is 11.7 Å². The van der Waals surface area contributed by atoms with Crippen LogP contribution in [0.2, 0.25) is 0 Å². The van der Waals surface area contributed by atoms with E-state index in [2.05, 4.69) is 31.0 Å². The molecule has 96 valence electrons. The second-order valence-electron chi connectivity index (χ2n) is 5.29. The number of rotatable bonds is 5. The van der Waals surface area contributed by atoms with Gasteiger partial charge in [0, 0.05) is 23.5 Å². The van der Waals surface area contributed by atoms with Crippen LogP contribution in [0, 0.1) is 5.92 Å². The highest BCUT2D eigenvalue weighted by molar-refractivity contribution is 5.84. The molecule has 0 saturated heterocycles. The Morgan fingerprint density at radius 1 is 1.33 bits per heavy atom. The molecule has 0 fully saturated rings. The van der Waals surface area contributed by atoms with Gasteiger partial charge in [0.05, 0.1) is 0 Å². The Hall–Kier alpha value is -1.77. The van der Waals surface area contributed by atoms with E-state index in [9.17, 15) is 4.79 Å². The summed E-state index contributed by atoms with van der Waals surface area (Å²) in [7, 11) is 0. The van der Waals surface area contributed by atoms with Crippen molar-refractivity contribution >= 4 is 16.8 Å². The lowest BCUT2D eigenvalue weighted by Gasteiger charge is -2.17. The molecular weight excluding hydrogens is 224 g/mol. The Kier molecular flexibility index (Phi) is 3.70. The second-order valence-corrected chi connectivity index (χ2v) is 5.29. The van der Waals surface area contributed by atoms with Crippen LogP contribution in [-0.2, 0) is 4.79 Å². The summed E-state index contributed by atoms with van der Waals surface area (Å²) < 4.78 is 0. The average molecular weight is 244 g/mol. The van der Waals surface area contributed by atoms with Crippen molar-refractivity contribution in [1.82, 2.24) is 4.98 Å². The standard InChI is InChI=1S/C15H20N2O/c1-10(2)7-11(8-15(16)18)13-9-17-14-6-4-3-5-12(13)14/h3-6,9-11,17H,7-8H2,1-2H3,(H2,16,18)/t11-/m0/s1. The van der Waals surface area contributed by atoms with E-state index in [1.807, 2.05) is 18.3 Å². The van der Waals surface area contributed by atoms with Crippen molar-refractivity contribution in [3.8, 4) is 0 Å². The van der Waals surface area contributed by atoms with Crippen LogP contribution < -0.4 is 5.73 Å². The molecule has 0 aliphatic rings. The van der Waals surface area contributed by atoms with Gasteiger partial charge >= 0.3 is 0 Å². The molecule has 0 bridgehead atoms. The normalized spacial score (nSPS) is 13.1. The Bertz CT molecular complexity index is 542. The molecule has 0 unspecified atom stereocenters. The number of aromatic amines is 1. The number of fused-ring (bicyclic) bond motifs is 1. The van der Waals surface area contributed by atoms with Gasteiger partial charge in [-0.1, -0.05) is 32.0 Å². The molecule has 0 saturated carbocycles. The van der Waals surface area contributed by atoms with E-state index >= 15 is 0 Å². The minimum atomic E-state index is -0.231. The van der Waals surface area contributed by atoms with Crippen LogP contribution in [-0.4, -0.2) is 10.9 Å². The zero-order valence-corrected chi connectivity index (χ0v) is 10.9. The lowest BCUT2D eigenvalue weighted by atomic mass is 9.87. The van der Waals surface area contributed by atoms with Crippen molar-refractivity contribution in [2.75, 3.05) is 0 Å². The van der Waals surface area contributed by atoms with Crippen molar-refractivity contribution in [3.63, 3.8) is 0 Å². The molecule has 1 aromatic heterocycles. The van der Waals surface area contributed by atoms with Crippen LogP contribution in [0.4, 0.5) is 0 Å². The van der Waals surface area contributed by atoms with Gasteiger partial charge in [-0.2, -0.15) is 0 Å². The third kappa shape index (κ3) is 2.73. The second kappa shape index (κ2) is 5.25. The number of para-hydroxylation sites is 1. The monoisotopic (exact) mass is 244 g/mol. The number of aromatic nitrogens is 1. The molecule has 0 aliphatic heterocycles. The first kappa shape index (κ1) is 12.7. The maximum absolute atomic E-state index is 11.2. The molecule has 0 radical (unpaired) electrons. The number of primary amides is 1. The highest BCUT2D eigenvalue weighted by atomic mass is 16.1. The van der Waals surface area contributed by atoms with Crippen LogP contribution in [0.3, 0.4) is 0 Å². The Labute approximate surface area is 107 Å². The Morgan fingerprint density at radius 2 is 2.06 bits per heavy atom. The minimum absolute atomic E-state index is 0.207. The largest absolute Gasteiger partial charge is 0.370 e. The lowest BCUT2D eigenvalue weighted by Crippen LogP contribution is -2.16. The fourth-order valence-electron chi connectivity index (χ4n) is 2.56. The highest BCUT2D eigenvalue weighted by Crippen LogP contribution is 2.32. The SMILES string of the molecule is CC(C)C[C@@H](CC(N)=O)c1c[nH]c2ccccc12. The predicted molar refractivity (Wildman–Crippen MR) is 74.3 cm³/mol. The predicted octanol–water partition coefficient (Wildman–Crippen LogP) is 3.17. The summed E-state index contributed by atoms with van der Waals surface area (Å²) in [6.45, 7) is 4.34. The van der Waals surface area contributed by atoms with Crippen molar-refractivity contribution in [1.29, 1.82) is 0 Å². The smallest absolute Gasteiger partial charge is 0.218 e. The molecule has 0 aliphatic carbocycles. The molecule has 1 heterocycles. The molecule has 2 rings (SSSR count). The van der Waals surface area contributed by atoms with Gasteiger partial charge in [-0.15, -0.1) is 0 Å². The summed E-state index contributed by atoms with van der Waals surface area (Å²) in [4.78, 5) is 14.5. The number of hydrogen-bond donors (Lipinski definition) is 2. The van der Waals surface area contributed by atoms with Gasteiger partial charge in [-0.25, -0.2) is 0 Å². The average Bonchev–Trinajstić information content (AvgIpc) is 2.70. The highest BCUT2D eigenvalue weighted by Gasteiger charge is 2.19. The number of carbonyl (C=O) groups excluding carboxylic acids is 1. The molecule has 1 aromatic carbocycles. The summed E-state index contributed by atoms with van der Waals surface area (Å²) >= 11 is 0. The Balaban J connectivity index is 2.37. The third-order valence-corrected chi connectivity index (χ3v) is 3.26. The van der Waals surface area contributed by atoms with Gasteiger partial charge in [0.1, 0.15) is 0 Å². The van der Waals surface area contributed by atoms with Crippen LogP contribution in [0.15, 0.2) is 30.5 Å². The van der Waals surface area contributed by atoms with Gasteiger partial charge in [-0.3, -0.25) is 4.79 Å². The molecule has 3 N–H and O–H groups in total. The lowest BCUT2D eigenvalue weighted by molar-refractivity contribution is -0.118. The summed E-state index contributed by atoms with van der Waals surface area (Å²) in [5, 5.41) is 1.20. The van der Waals surface area contributed by atoms with E-state index in [4.69, 9.17) is 5.73 Å². The Morgan fingerprint density at radius 3 is 2.72 bits per heavy atom. The first-order chi connectivity index (χ1) is 8.58. The molecule has 0 spiro atoms. The first-order valence-corrected chi connectivity index (χ1v) is 6.42. The minimum Gasteiger partial charge on any atom is -0.370 e. The number of benzene rings is 1. The zero-order chi connectivity index (χ0) is 13.1. The maximum Gasteiger partial charge on any atom is 0.218 e. The molecular formula is C15H20N2O. The first-order valence-electron chi connectivity index (χ1n) is 6.42. The summed E-state index contributed by atoms with van der Waals surface area (Å²) in [5.41, 5.74) is 7.69. The molecule has 3 heteroatoms. The van der Waals surface area contributed by atoms with Crippen LogP contribution >= 0.6 is 0 Å². The summed E-state index contributed by atoms with van der Waals surface area (Å²) in [6.07, 6.45) is 3.41. The zero-order valence-electron chi connectivity index (χ0n) is 10.9. The molecule has 2 aromatic rings. The van der Waals surface area contributed by atoms with Gasteiger partial charge in [-0.05, 0) is 29.9 Å². The number of amides is 1. The summed E-state index contributed by atoms with van der Waals surface area (Å²) in [6, 6.07) is 8.18. The quantitative estimate of drug-likeness (QED) is 0.833. The molecule has 18 heavy (non-hydrogen) atoms. The number of H-pyrrole nitrogens is 1. The van der Waals surface area contributed by atoms with E-state index < -0.39 is 0 Å². The number of nitrogens with two attached hydrogens (primary N) is 1. The van der Waals surface area contributed by atoms with E-state index in [-0.39, 0.29) is 11.8 Å². The fourth-order valence-corrected chi connectivity index (χ4v) is 2.56. The van der Waals surface area contributed by atoms with Gasteiger partial charge in [0.2, 0.25) is 5.91 Å². The molecule has 1 amide bonds. The van der Waals surface area contributed by atoms with Crippen LogP contribution in [0.5, 0.6) is 0 Å². The van der Waals surface area contributed by atoms with Gasteiger partial charge in [0.15, 0.2) is 0 Å². The number of carbonyl (C=O) groups is 1. The fraction of sp³-hybridized carbons (Fsp3) is 0.400. The molecule has 1 atom stereocenters. The van der Waals surface area contributed by atoms with E-state index in [0.29, 0.717) is 12.3 Å². The van der Waals surface area contributed by atoms with Crippen molar-refractivity contribution in [3.05, 3.63) is 36.0 Å². The third-order valence-electron chi connectivity index (χ3n) is 3.26. The number of hydrogen-bond acceptors (Lipinski definition) is 1. The van der Waals surface area contributed by atoms with Gasteiger partial charge in [0.25, 0.3) is 0 Å². The molecule has 3 nitrogen and oxygen atoms in total. The van der Waals surface area contributed by atoms with Crippen molar-refractivity contribution in [2.45, 2.75) is 32.6 Å². The van der Waals surface area contributed by atoms with Crippen LogP contribution in [0.25, 0.3) is 10.9 Å². The van der Waals surface area contributed by atoms with E-state index in [1.165, 1.54) is 10.9 Å². The summed E-state index contributed by atoms with van der Waals surface area (Å²) in [5.74, 6) is 0.521. The van der Waals surface area contributed by atoms with E-state index in [1.54, 1.807) is 0 Å². The van der Waals surface area contributed by atoms with E-state index in [0.717, 1.165) is 11.9 Å². The topological polar surface area (TPSA) is 58.9 Å².